The quantitative estimate of drug-likeness (QED) is 0.343. The molecule has 4 atom stereocenters. The molecule has 28 heavy (non-hydrogen) atoms. The summed E-state index contributed by atoms with van der Waals surface area (Å²) in [5.41, 5.74) is -3.94. The van der Waals surface area contributed by atoms with Gasteiger partial charge in [0.05, 0.1) is 6.61 Å². The van der Waals surface area contributed by atoms with E-state index in [1.54, 1.807) is 18.2 Å². The van der Waals surface area contributed by atoms with Crippen molar-refractivity contribution in [3.8, 4) is 0 Å². The van der Waals surface area contributed by atoms with Crippen molar-refractivity contribution in [3.05, 3.63) is 68.3 Å². The zero-order chi connectivity index (χ0) is 20.5. The molecule has 2 N–H and O–H groups in total. The number of nitrogens with one attached hydrogen (secondary N) is 1. The molecule has 1 aliphatic carbocycles. The van der Waals surface area contributed by atoms with Crippen LogP contribution in [-0.4, -0.2) is 63.8 Å². The second-order valence-electron chi connectivity index (χ2n) is 7.25. The van der Waals surface area contributed by atoms with Crippen molar-refractivity contribution in [2.75, 3.05) is 26.2 Å². The molecule has 1 aromatic rings. The smallest absolute Gasteiger partial charge is 0.340 e. The predicted molar refractivity (Wildman–Crippen MR) is 95.1 cm³/mol. The van der Waals surface area contributed by atoms with Crippen molar-refractivity contribution >= 4 is 11.6 Å². The molecule has 0 amide bonds. The number of benzene rings is 1. The summed E-state index contributed by atoms with van der Waals surface area (Å²) in [5, 5.41) is 33.4. The maximum absolute atomic E-state index is 12.8. The monoisotopic (exact) mass is 390 g/mol. The number of ketones is 2. The number of fused-ring (bicyclic) bond motifs is 2. The van der Waals surface area contributed by atoms with Crippen LogP contribution < -0.4 is 4.90 Å². The van der Waals surface area contributed by atoms with Gasteiger partial charge in [0, 0.05) is 27.9 Å². The van der Waals surface area contributed by atoms with Crippen LogP contribution in [0.4, 0.5) is 0 Å². The number of aliphatic hydroxyl groups is 1. The number of Topliss-reactive ketones (excluding diaryl/α,β-unsaturated/α-hetero) is 1. The maximum Gasteiger partial charge on any atom is 0.340 e. The summed E-state index contributed by atoms with van der Waals surface area (Å²) < 4.78 is 0. The molecule has 0 saturated carbocycles. The van der Waals surface area contributed by atoms with E-state index in [9.17, 15) is 34.9 Å². The first-order valence-corrected chi connectivity index (χ1v) is 8.83. The van der Waals surface area contributed by atoms with Crippen LogP contribution in [0.2, 0.25) is 0 Å². The molecule has 10 nitrogen and oxygen atoms in total. The summed E-state index contributed by atoms with van der Waals surface area (Å²) in [6.07, 6.45) is 1.51. The van der Waals surface area contributed by atoms with Gasteiger partial charge in [-0.1, -0.05) is 30.3 Å². The number of carbonyl (C=O) groups excluding carboxylic acids is 2. The minimum absolute atomic E-state index is 0.0334. The maximum atomic E-state index is 12.8. The van der Waals surface area contributed by atoms with Gasteiger partial charge < -0.3 is 10.0 Å². The van der Waals surface area contributed by atoms with E-state index in [0.29, 0.717) is 4.90 Å². The molecule has 1 aromatic carbocycles. The van der Waals surface area contributed by atoms with E-state index in [0.717, 1.165) is 12.2 Å². The molecule has 1 unspecified atom stereocenters. The van der Waals surface area contributed by atoms with Gasteiger partial charge in [-0.05, 0) is 6.08 Å². The number of quaternary nitrogens is 1. The Labute approximate surface area is 159 Å². The fourth-order valence-electron chi connectivity index (χ4n) is 4.44. The minimum Gasteiger partial charge on any atom is -0.391 e. The molecular formula is C18H20N3O7+. The average molecular weight is 390 g/mol. The Morgan fingerprint density at radius 2 is 1.86 bits per heavy atom. The number of aliphatic hydroxyl groups excluding tert-OH is 1. The van der Waals surface area contributed by atoms with E-state index in [1.165, 1.54) is 12.1 Å². The van der Waals surface area contributed by atoms with Gasteiger partial charge in [-0.2, -0.15) is 0 Å². The molecule has 1 heterocycles. The number of piperidine rings is 1. The van der Waals surface area contributed by atoms with Crippen LogP contribution in [0.5, 0.6) is 0 Å². The highest BCUT2D eigenvalue weighted by atomic mass is 16.6. The molecule has 1 saturated heterocycles. The molecular weight excluding hydrogens is 370 g/mol. The van der Waals surface area contributed by atoms with Gasteiger partial charge in [-0.25, -0.2) is 0 Å². The van der Waals surface area contributed by atoms with Crippen LogP contribution in [-0.2, 0) is 4.79 Å². The molecule has 10 heteroatoms. The topological polar surface area (TPSA) is 145 Å². The summed E-state index contributed by atoms with van der Waals surface area (Å²) in [5.74, 6) is -2.76. The number of rotatable bonds is 7. The van der Waals surface area contributed by atoms with Crippen LogP contribution in [0.3, 0.4) is 0 Å². The lowest BCUT2D eigenvalue weighted by Crippen LogP contribution is -3.19. The van der Waals surface area contributed by atoms with E-state index in [1.807, 2.05) is 0 Å². The molecule has 1 fully saturated rings. The fourth-order valence-corrected chi connectivity index (χ4v) is 4.44. The first kappa shape index (κ1) is 19.8. The van der Waals surface area contributed by atoms with Gasteiger partial charge in [0.15, 0.2) is 18.9 Å². The van der Waals surface area contributed by atoms with Crippen LogP contribution in [0.25, 0.3) is 0 Å². The highest BCUT2D eigenvalue weighted by Gasteiger charge is 2.76. The van der Waals surface area contributed by atoms with Gasteiger partial charge in [0.25, 0.3) is 5.54 Å². The minimum atomic E-state index is -2.28. The number of likely N-dealkylation sites (tertiary alicyclic amines) is 1. The standard InChI is InChI=1S/C18H19N3O7/c22-9-8-19-11-17(20(25)26)7-6-16(24)18(12-19,21(27)28)15(17)10-14(23)13-4-2-1-3-5-13/h1-7,15,22H,8-12H2/p+1/t15-,17+,18-/m1/s1. The van der Waals surface area contributed by atoms with Crippen LogP contribution in [0, 0.1) is 26.1 Å². The van der Waals surface area contributed by atoms with E-state index in [2.05, 4.69) is 0 Å². The Balaban J connectivity index is 2.12. The van der Waals surface area contributed by atoms with E-state index < -0.39 is 44.8 Å². The Morgan fingerprint density at radius 3 is 2.43 bits per heavy atom. The largest absolute Gasteiger partial charge is 0.391 e. The SMILES string of the molecule is O=C(C[C@@H]1[C@]2([N+](=O)[O-])C=CC(=O)[C@@]1([N+](=O)[O-])C[NH+](CCO)C2)c1ccccc1. The Hall–Kier alpha value is -2.98. The van der Waals surface area contributed by atoms with Crippen molar-refractivity contribution in [1.82, 2.24) is 0 Å². The van der Waals surface area contributed by atoms with Crippen molar-refractivity contribution in [3.63, 3.8) is 0 Å². The average Bonchev–Trinajstić information content (AvgIpc) is 2.66. The number of nitrogens with zero attached hydrogens (tertiary/aromatic N) is 2. The van der Waals surface area contributed by atoms with Crippen LogP contribution >= 0.6 is 0 Å². The Kier molecular flexibility index (Phi) is 5.09. The Bertz CT molecular complexity index is 856. The normalized spacial score (nSPS) is 31.4. The zero-order valence-corrected chi connectivity index (χ0v) is 14.9. The number of hydrogen-bond donors (Lipinski definition) is 2. The lowest BCUT2D eigenvalue weighted by molar-refractivity contribution is -0.943. The third-order valence-electron chi connectivity index (χ3n) is 5.80. The zero-order valence-electron chi connectivity index (χ0n) is 14.9. The van der Waals surface area contributed by atoms with Crippen molar-refractivity contribution < 1.29 is 29.4 Å². The lowest BCUT2D eigenvalue weighted by atomic mass is 9.60. The van der Waals surface area contributed by atoms with Gasteiger partial charge >= 0.3 is 5.54 Å². The van der Waals surface area contributed by atoms with E-state index in [4.69, 9.17) is 0 Å². The molecule has 3 rings (SSSR count). The van der Waals surface area contributed by atoms with Crippen molar-refractivity contribution in [2.45, 2.75) is 17.5 Å². The molecule has 0 radical (unpaired) electrons. The molecule has 0 spiro atoms. The summed E-state index contributed by atoms with van der Waals surface area (Å²) in [4.78, 5) is 48.6. The van der Waals surface area contributed by atoms with E-state index in [-0.39, 0.29) is 31.8 Å². The van der Waals surface area contributed by atoms with Crippen molar-refractivity contribution in [1.29, 1.82) is 0 Å². The molecule has 2 bridgehead atoms. The number of hydrogen-bond acceptors (Lipinski definition) is 7. The second-order valence-corrected chi connectivity index (χ2v) is 7.25. The van der Waals surface area contributed by atoms with Gasteiger partial charge in [-0.3, -0.25) is 29.8 Å². The van der Waals surface area contributed by atoms with Crippen LogP contribution in [0.15, 0.2) is 42.5 Å². The lowest BCUT2D eigenvalue weighted by Gasteiger charge is -2.45. The van der Waals surface area contributed by atoms with Crippen molar-refractivity contribution in [2.24, 2.45) is 5.92 Å². The molecule has 1 aliphatic heterocycles. The summed E-state index contributed by atoms with van der Waals surface area (Å²) in [6, 6.07) is 8.00. The molecule has 2 aliphatic rings. The first-order chi connectivity index (χ1) is 13.3. The Morgan fingerprint density at radius 1 is 1.18 bits per heavy atom. The number of nitro groups is 2. The molecule has 148 valence electrons. The van der Waals surface area contributed by atoms with E-state index >= 15 is 0 Å². The molecule has 0 aromatic heterocycles. The van der Waals surface area contributed by atoms with Gasteiger partial charge in [0.2, 0.25) is 5.78 Å². The fraction of sp³-hybridized carbons (Fsp3) is 0.444. The van der Waals surface area contributed by atoms with Crippen LogP contribution in [0.1, 0.15) is 16.8 Å². The second kappa shape index (κ2) is 7.21. The third kappa shape index (κ3) is 2.90. The summed E-state index contributed by atoms with van der Waals surface area (Å²) >= 11 is 0. The van der Waals surface area contributed by atoms with Gasteiger partial charge in [-0.15, -0.1) is 0 Å². The van der Waals surface area contributed by atoms with Gasteiger partial charge in [0.1, 0.15) is 12.5 Å². The summed E-state index contributed by atoms with van der Waals surface area (Å²) in [7, 11) is 0. The first-order valence-electron chi connectivity index (χ1n) is 8.83. The third-order valence-corrected chi connectivity index (χ3v) is 5.80. The summed E-state index contributed by atoms with van der Waals surface area (Å²) in [6.45, 7) is -0.757. The highest BCUT2D eigenvalue weighted by molar-refractivity contribution is 6.01. The predicted octanol–water partition coefficient (Wildman–Crippen LogP) is -1.06. The number of carbonyl (C=O) groups is 2. The highest BCUT2D eigenvalue weighted by Crippen LogP contribution is 2.42.